The van der Waals surface area contributed by atoms with Crippen LogP contribution in [0.2, 0.25) is 0 Å². The van der Waals surface area contributed by atoms with Gasteiger partial charge in [-0.15, -0.1) is 11.3 Å². The van der Waals surface area contributed by atoms with Gasteiger partial charge in [0.2, 0.25) is 0 Å². The van der Waals surface area contributed by atoms with Crippen LogP contribution in [0, 0.1) is 0 Å². The molecule has 1 unspecified atom stereocenters. The summed E-state index contributed by atoms with van der Waals surface area (Å²) < 4.78 is 0. The van der Waals surface area contributed by atoms with Crippen molar-refractivity contribution in [2.24, 2.45) is 0 Å². The summed E-state index contributed by atoms with van der Waals surface area (Å²) in [6, 6.07) is 20.3. The van der Waals surface area contributed by atoms with Crippen molar-refractivity contribution in [3.63, 3.8) is 0 Å². The van der Waals surface area contributed by atoms with E-state index in [1.165, 1.54) is 27.6 Å². The number of benzene rings is 2. The lowest BCUT2D eigenvalue weighted by Crippen LogP contribution is -2.28. The summed E-state index contributed by atoms with van der Waals surface area (Å²) in [5, 5.41) is 8.28. The lowest BCUT2D eigenvalue weighted by atomic mass is 9.99. The Morgan fingerprint density at radius 3 is 2.62 bits per heavy atom. The molecule has 0 radical (unpaired) electrons. The second kappa shape index (κ2) is 6.88. The van der Waals surface area contributed by atoms with E-state index in [9.17, 15) is 0 Å². The average molecular weight is 295 g/mol. The molecule has 3 rings (SSSR count). The second-order valence-corrected chi connectivity index (χ2v) is 6.52. The molecule has 1 nitrogen and oxygen atoms in total. The minimum atomic E-state index is 0.535. The van der Waals surface area contributed by atoms with Crippen LogP contribution in [0.1, 0.15) is 16.9 Å². The van der Waals surface area contributed by atoms with E-state index < -0.39 is 0 Å². The van der Waals surface area contributed by atoms with Gasteiger partial charge in [0.15, 0.2) is 0 Å². The highest BCUT2D eigenvalue weighted by molar-refractivity contribution is 7.09. The predicted octanol–water partition coefficient (Wildman–Crippen LogP) is 4.66. The molecule has 1 heterocycles. The van der Waals surface area contributed by atoms with E-state index in [0.717, 1.165) is 12.8 Å². The molecular formula is C19H21NS. The molecule has 1 atom stereocenters. The van der Waals surface area contributed by atoms with Crippen molar-refractivity contribution >= 4 is 22.1 Å². The lowest BCUT2D eigenvalue weighted by Gasteiger charge is -2.16. The summed E-state index contributed by atoms with van der Waals surface area (Å²) in [6.45, 7) is 0. The Bertz CT molecular complexity index is 688. The number of likely N-dealkylation sites (N-methyl/N-ethyl adjacent to an activating group) is 1. The summed E-state index contributed by atoms with van der Waals surface area (Å²) in [5.41, 5.74) is 1.42. The summed E-state index contributed by atoms with van der Waals surface area (Å²) >= 11 is 1.86. The molecule has 0 aliphatic carbocycles. The first-order chi connectivity index (χ1) is 10.3. The number of thiophene rings is 1. The van der Waals surface area contributed by atoms with E-state index in [2.05, 4.69) is 72.3 Å². The van der Waals surface area contributed by atoms with Crippen molar-refractivity contribution in [1.29, 1.82) is 0 Å². The number of rotatable bonds is 6. The van der Waals surface area contributed by atoms with Crippen molar-refractivity contribution in [1.82, 2.24) is 5.32 Å². The van der Waals surface area contributed by atoms with Gasteiger partial charge in [-0.3, -0.25) is 0 Å². The zero-order valence-corrected chi connectivity index (χ0v) is 13.2. The molecule has 2 aromatic carbocycles. The van der Waals surface area contributed by atoms with Gasteiger partial charge >= 0.3 is 0 Å². The van der Waals surface area contributed by atoms with Crippen LogP contribution in [0.25, 0.3) is 10.8 Å². The zero-order chi connectivity index (χ0) is 14.5. The number of hydrogen-bond donors (Lipinski definition) is 1. The van der Waals surface area contributed by atoms with Crippen LogP contribution in [0.3, 0.4) is 0 Å². The fourth-order valence-corrected chi connectivity index (χ4v) is 3.49. The van der Waals surface area contributed by atoms with Crippen LogP contribution in [-0.2, 0) is 12.8 Å². The third-order valence-corrected chi connectivity index (χ3v) is 4.96. The Labute approximate surface area is 130 Å². The summed E-state index contributed by atoms with van der Waals surface area (Å²) in [6.07, 6.45) is 3.44. The topological polar surface area (TPSA) is 12.0 Å². The molecule has 0 amide bonds. The average Bonchev–Trinajstić information content (AvgIpc) is 3.04. The fourth-order valence-electron chi connectivity index (χ4n) is 2.77. The monoisotopic (exact) mass is 295 g/mol. The molecule has 1 aromatic heterocycles. The molecule has 0 spiro atoms. The zero-order valence-electron chi connectivity index (χ0n) is 12.4. The van der Waals surface area contributed by atoms with Crippen molar-refractivity contribution < 1.29 is 0 Å². The lowest BCUT2D eigenvalue weighted by molar-refractivity contribution is 0.522. The Morgan fingerprint density at radius 2 is 1.86 bits per heavy atom. The quantitative estimate of drug-likeness (QED) is 0.697. The largest absolute Gasteiger partial charge is 0.317 e. The first-order valence-corrected chi connectivity index (χ1v) is 8.40. The van der Waals surface area contributed by atoms with Gasteiger partial charge in [0.25, 0.3) is 0 Å². The van der Waals surface area contributed by atoms with Crippen LogP contribution >= 0.6 is 11.3 Å². The molecule has 108 valence electrons. The molecule has 0 saturated heterocycles. The highest BCUT2D eigenvalue weighted by atomic mass is 32.1. The minimum Gasteiger partial charge on any atom is -0.317 e. The predicted molar refractivity (Wildman–Crippen MR) is 93.1 cm³/mol. The van der Waals surface area contributed by atoms with Crippen molar-refractivity contribution in [3.8, 4) is 0 Å². The minimum absolute atomic E-state index is 0.535. The second-order valence-electron chi connectivity index (χ2n) is 5.49. The van der Waals surface area contributed by atoms with E-state index in [-0.39, 0.29) is 0 Å². The molecular weight excluding hydrogens is 274 g/mol. The molecule has 0 aliphatic rings. The highest BCUT2D eigenvalue weighted by Crippen LogP contribution is 2.18. The first kappa shape index (κ1) is 14.3. The van der Waals surface area contributed by atoms with Crippen molar-refractivity contribution in [2.45, 2.75) is 25.3 Å². The van der Waals surface area contributed by atoms with Crippen LogP contribution in [0.5, 0.6) is 0 Å². The Kier molecular flexibility index (Phi) is 4.69. The number of fused-ring (bicyclic) bond motifs is 1. The van der Waals surface area contributed by atoms with Gasteiger partial charge in [0.1, 0.15) is 0 Å². The van der Waals surface area contributed by atoms with E-state index >= 15 is 0 Å². The van der Waals surface area contributed by atoms with Crippen LogP contribution in [0.4, 0.5) is 0 Å². The van der Waals surface area contributed by atoms with Gasteiger partial charge in [-0.25, -0.2) is 0 Å². The van der Waals surface area contributed by atoms with Gasteiger partial charge in [0, 0.05) is 10.9 Å². The fraction of sp³-hybridized carbons (Fsp3) is 0.263. The van der Waals surface area contributed by atoms with Gasteiger partial charge in [-0.05, 0) is 54.1 Å². The van der Waals surface area contributed by atoms with Gasteiger partial charge in [0.05, 0.1) is 0 Å². The molecule has 21 heavy (non-hydrogen) atoms. The summed E-state index contributed by atoms with van der Waals surface area (Å²) in [5.74, 6) is 0. The smallest absolute Gasteiger partial charge is 0.0108 e. The Balaban J connectivity index is 1.67. The molecule has 3 aromatic rings. The molecule has 1 N–H and O–H groups in total. The number of hydrogen-bond acceptors (Lipinski definition) is 2. The molecule has 2 heteroatoms. The van der Waals surface area contributed by atoms with Crippen LogP contribution in [-0.4, -0.2) is 13.1 Å². The third kappa shape index (κ3) is 3.72. The standard InChI is InChI=1S/C19H21NS/c1-20-18(10-11-19-7-4-12-21-19)14-15-8-9-16-5-2-3-6-17(16)13-15/h2-9,12-13,18,20H,10-11,14H2,1H3. The van der Waals surface area contributed by atoms with Crippen molar-refractivity contribution in [2.75, 3.05) is 7.05 Å². The highest BCUT2D eigenvalue weighted by Gasteiger charge is 2.08. The normalized spacial score (nSPS) is 12.6. The molecule has 0 saturated carbocycles. The third-order valence-electron chi connectivity index (χ3n) is 4.02. The van der Waals surface area contributed by atoms with Crippen LogP contribution < -0.4 is 5.32 Å². The van der Waals surface area contributed by atoms with Gasteiger partial charge in [-0.2, -0.15) is 0 Å². The van der Waals surface area contributed by atoms with Crippen LogP contribution in [0.15, 0.2) is 60.0 Å². The van der Waals surface area contributed by atoms with E-state index in [4.69, 9.17) is 0 Å². The maximum Gasteiger partial charge on any atom is 0.0108 e. The number of nitrogens with one attached hydrogen (secondary N) is 1. The van der Waals surface area contributed by atoms with Gasteiger partial charge < -0.3 is 5.32 Å². The summed E-state index contributed by atoms with van der Waals surface area (Å²) in [4.78, 5) is 1.48. The van der Waals surface area contributed by atoms with E-state index in [1.807, 2.05) is 11.3 Å². The summed E-state index contributed by atoms with van der Waals surface area (Å²) in [7, 11) is 2.07. The maximum absolute atomic E-state index is 3.47. The van der Waals surface area contributed by atoms with Gasteiger partial charge in [-0.1, -0.05) is 48.5 Å². The number of aryl methyl sites for hydroxylation is 1. The molecule has 0 fully saturated rings. The Hall–Kier alpha value is -1.64. The molecule has 0 bridgehead atoms. The van der Waals surface area contributed by atoms with Crippen molar-refractivity contribution in [3.05, 3.63) is 70.4 Å². The van der Waals surface area contributed by atoms with E-state index in [0.29, 0.717) is 6.04 Å². The van der Waals surface area contributed by atoms with E-state index in [1.54, 1.807) is 0 Å². The first-order valence-electron chi connectivity index (χ1n) is 7.52. The molecule has 0 aliphatic heterocycles. The maximum atomic E-state index is 3.47. The Morgan fingerprint density at radius 1 is 1.00 bits per heavy atom. The SMILES string of the molecule is CNC(CCc1cccs1)Cc1ccc2ccccc2c1.